The van der Waals surface area contributed by atoms with Crippen LogP contribution in [0.25, 0.3) is 0 Å². The van der Waals surface area contributed by atoms with E-state index in [0.717, 1.165) is 12.2 Å². The fourth-order valence-electron chi connectivity index (χ4n) is 1.03. The molecule has 0 saturated carbocycles. The van der Waals surface area contributed by atoms with Crippen molar-refractivity contribution in [3.8, 4) is 0 Å². The number of rotatable bonds is 6. The average molecular weight is 200 g/mol. The Morgan fingerprint density at radius 2 is 2.43 bits per heavy atom. The molecule has 1 aromatic rings. The van der Waals surface area contributed by atoms with Crippen LogP contribution in [0.3, 0.4) is 0 Å². The molecule has 1 rings (SSSR count). The third kappa shape index (κ3) is 3.82. The summed E-state index contributed by atoms with van der Waals surface area (Å²) in [6.07, 6.45) is 1.68. The van der Waals surface area contributed by atoms with Crippen LogP contribution < -0.4 is 5.32 Å². The standard InChI is InChI=1S/C8H16N4O2/c1-12-6-10-8(11-12)2-3-9-4-7(14)5-13/h6-7,9,13-14H,2-5H2,1H3/t7-/m0/s1. The molecule has 0 unspecified atom stereocenters. The van der Waals surface area contributed by atoms with E-state index in [4.69, 9.17) is 10.2 Å². The van der Waals surface area contributed by atoms with Gasteiger partial charge in [-0.05, 0) is 0 Å². The van der Waals surface area contributed by atoms with Crippen molar-refractivity contribution in [3.63, 3.8) is 0 Å². The van der Waals surface area contributed by atoms with Gasteiger partial charge in [-0.2, -0.15) is 5.10 Å². The van der Waals surface area contributed by atoms with Crippen LogP contribution in [-0.4, -0.2) is 50.8 Å². The normalized spacial score (nSPS) is 13.1. The molecule has 80 valence electrons. The molecule has 6 nitrogen and oxygen atoms in total. The Hall–Kier alpha value is -0.980. The number of nitrogens with zero attached hydrogens (tertiary/aromatic N) is 3. The molecule has 0 fully saturated rings. The average Bonchev–Trinajstić information content (AvgIpc) is 2.58. The maximum absolute atomic E-state index is 9.01. The van der Waals surface area contributed by atoms with Gasteiger partial charge >= 0.3 is 0 Å². The molecule has 1 aromatic heterocycles. The zero-order chi connectivity index (χ0) is 10.4. The topological polar surface area (TPSA) is 83.2 Å². The summed E-state index contributed by atoms with van der Waals surface area (Å²) in [6, 6.07) is 0. The highest BCUT2D eigenvalue weighted by Gasteiger charge is 2.01. The van der Waals surface area contributed by atoms with Gasteiger partial charge in [0.15, 0.2) is 5.82 Å². The molecule has 0 bridgehead atoms. The maximum Gasteiger partial charge on any atom is 0.151 e. The molecule has 14 heavy (non-hydrogen) atoms. The molecular weight excluding hydrogens is 184 g/mol. The molecule has 0 saturated heterocycles. The minimum absolute atomic E-state index is 0.213. The lowest BCUT2D eigenvalue weighted by atomic mass is 10.3. The van der Waals surface area contributed by atoms with E-state index < -0.39 is 6.10 Å². The molecule has 1 atom stereocenters. The number of nitrogens with one attached hydrogen (secondary N) is 1. The molecule has 0 aliphatic carbocycles. The first-order valence-corrected chi connectivity index (χ1v) is 4.56. The predicted octanol–water partition coefficient (Wildman–Crippen LogP) is -1.70. The Bertz CT molecular complexity index is 264. The summed E-state index contributed by atoms with van der Waals surface area (Å²) in [4.78, 5) is 4.05. The van der Waals surface area contributed by atoms with Crippen LogP contribution in [0.5, 0.6) is 0 Å². The number of aliphatic hydroxyl groups excluding tert-OH is 2. The first kappa shape index (κ1) is 11.1. The molecule has 1 heterocycles. The van der Waals surface area contributed by atoms with Gasteiger partial charge in [-0.15, -0.1) is 0 Å². The summed E-state index contributed by atoms with van der Waals surface area (Å²) in [5.41, 5.74) is 0. The van der Waals surface area contributed by atoms with Crippen LogP contribution in [0, 0.1) is 0 Å². The SMILES string of the molecule is Cn1cnc(CCNC[C@H](O)CO)n1. The zero-order valence-corrected chi connectivity index (χ0v) is 8.22. The van der Waals surface area contributed by atoms with Gasteiger partial charge in [0, 0.05) is 26.6 Å². The fourth-order valence-corrected chi connectivity index (χ4v) is 1.03. The van der Waals surface area contributed by atoms with Gasteiger partial charge in [-0.25, -0.2) is 4.98 Å². The molecule has 0 spiro atoms. The molecular formula is C8H16N4O2. The van der Waals surface area contributed by atoms with Crippen molar-refractivity contribution in [2.45, 2.75) is 12.5 Å². The fraction of sp³-hybridized carbons (Fsp3) is 0.750. The summed E-state index contributed by atoms with van der Waals surface area (Å²) in [6.45, 7) is 0.874. The molecule has 0 aromatic carbocycles. The molecule has 0 aliphatic heterocycles. The Labute approximate surface area is 82.6 Å². The number of aryl methyl sites for hydroxylation is 1. The van der Waals surface area contributed by atoms with E-state index in [1.807, 2.05) is 7.05 Å². The summed E-state index contributed by atoms with van der Waals surface area (Å²) in [7, 11) is 1.82. The van der Waals surface area contributed by atoms with Crippen LogP contribution in [-0.2, 0) is 13.5 Å². The summed E-state index contributed by atoms with van der Waals surface area (Å²) in [5, 5.41) is 24.6. The van der Waals surface area contributed by atoms with Gasteiger partial charge in [0.05, 0.1) is 12.7 Å². The molecule has 0 aliphatic rings. The smallest absolute Gasteiger partial charge is 0.151 e. The Kier molecular flexibility index (Phi) is 4.51. The summed E-state index contributed by atoms with van der Waals surface area (Å²) >= 11 is 0. The van der Waals surface area contributed by atoms with Crippen molar-refractivity contribution in [1.29, 1.82) is 0 Å². The van der Waals surface area contributed by atoms with Crippen molar-refractivity contribution >= 4 is 0 Å². The minimum Gasteiger partial charge on any atom is -0.394 e. The third-order valence-electron chi connectivity index (χ3n) is 1.76. The highest BCUT2D eigenvalue weighted by atomic mass is 16.3. The van der Waals surface area contributed by atoms with Crippen LogP contribution in [0.1, 0.15) is 5.82 Å². The van der Waals surface area contributed by atoms with Gasteiger partial charge in [0.25, 0.3) is 0 Å². The lowest BCUT2D eigenvalue weighted by molar-refractivity contribution is 0.0947. The second-order valence-electron chi connectivity index (χ2n) is 3.12. The van der Waals surface area contributed by atoms with Crippen LogP contribution >= 0.6 is 0 Å². The zero-order valence-electron chi connectivity index (χ0n) is 8.22. The van der Waals surface area contributed by atoms with Gasteiger partial charge in [0.1, 0.15) is 6.33 Å². The monoisotopic (exact) mass is 200 g/mol. The lowest BCUT2D eigenvalue weighted by Crippen LogP contribution is -2.30. The molecule has 3 N–H and O–H groups in total. The first-order chi connectivity index (χ1) is 6.72. The van der Waals surface area contributed by atoms with Crippen molar-refractivity contribution in [2.75, 3.05) is 19.7 Å². The van der Waals surface area contributed by atoms with Crippen LogP contribution in [0.4, 0.5) is 0 Å². The van der Waals surface area contributed by atoms with Crippen molar-refractivity contribution in [2.24, 2.45) is 7.05 Å². The Morgan fingerprint density at radius 3 is 3.00 bits per heavy atom. The number of hydrogen-bond donors (Lipinski definition) is 3. The van der Waals surface area contributed by atoms with E-state index in [-0.39, 0.29) is 6.61 Å². The third-order valence-corrected chi connectivity index (χ3v) is 1.76. The van der Waals surface area contributed by atoms with E-state index in [2.05, 4.69) is 15.4 Å². The largest absolute Gasteiger partial charge is 0.394 e. The van der Waals surface area contributed by atoms with Crippen molar-refractivity contribution in [1.82, 2.24) is 20.1 Å². The maximum atomic E-state index is 9.01. The van der Waals surface area contributed by atoms with Crippen LogP contribution in [0.15, 0.2) is 6.33 Å². The van der Waals surface area contributed by atoms with E-state index in [1.165, 1.54) is 0 Å². The minimum atomic E-state index is -0.688. The van der Waals surface area contributed by atoms with Crippen molar-refractivity contribution in [3.05, 3.63) is 12.2 Å². The van der Waals surface area contributed by atoms with Crippen LogP contribution in [0.2, 0.25) is 0 Å². The highest BCUT2D eigenvalue weighted by Crippen LogP contribution is 1.88. The van der Waals surface area contributed by atoms with Gasteiger partial charge in [-0.3, -0.25) is 4.68 Å². The number of aromatic nitrogens is 3. The Morgan fingerprint density at radius 1 is 1.64 bits per heavy atom. The Balaban J connectivity index is 2.10. The lowest BCUT2D eigenvalue weighted by Gasteiger charge is -2.07. The van der Waals surface area contributed by atoms with Gasteiger partial charge in [-0.1, -0.05) is 0 Å². The van der Waals surface area contributed by atoms with E-state index >= 15 is 0 Å². The second-order valence-corrected chi connectivity index (χ2v) is 3.12. The summed E-state index contributed by atoms with van der Waals surface area (Å²) < 4.78 is 1.65. The van der Waals surface area contributed by atoms with Crippen molar-refractivity contribution < 1.29 is 10.2 Å². The number of aliphatic hydroxyl groups is 2. The highest BCUT2D eigenvalue weighted by molar-refractivity contribution is 4.81. The second kappa shape index (κ2) is 5.69. The molecule has 0 radical (unpaired) electrons. The predicted molar refractivity (Wildman–Crippen MR) is 50.7 cm³/mol. The molecule has 6 heteroatoms. The van der Waals surface area contributed by atoms with Gasteiger partial charge in [0.2, 0.25) is 0 Å². The van der Waals surface area contributed by atoms with E-state index in [0.29, 0.717) is 13.1 Å². The van der Waals surface area contributed by atoms with Gasteiger partial charge < -0.3 is 15.5 Å². The quantitative estimate of drug-likeness (QED) is 0.477. The first-order valence-electron chi connectivity index (χ1n) is 4.56. The molecule has 0 amide bonds. The number of hydrogen-bond acceptors (Lipinski definition) is 5. The van der Waals surface area contributed by atoms with E-state index in [9.17, 15) is 0 Å². The van der Waals surface area contributed by atoms with E-state index in [1.54, 1.807) is 11.0 Å². The summed E-state index contributed by atoms with van der Waals surface area (Å²) in [5.74, 6) is 0.776.